The van der Waals surface area contributed by atoms with Crippen molar-refractivity contribution in [2.45, 2.75) is 32.0 Å². The van der Waals surface area contributed by atoms with Gasteiger partial charge in [0.2, 0.25) is 0 Å². The highest BCUT2D eigenvalue weighted by Crippen LogP contribution is 2.21. The van der Waals surface area contributed by atoms with Gasteiger partial charge >= 0.3 is 0 Å². The molecule has 0 bridgehead atoms. The van der Waals surface area contributed by atoms with Crippen LogP contribution in [0.5, 0.6) is 5.75 Å². The average Bonchev–Trinajstić information content (AvgIpc) is 2.38. The SMILES string of the molecule is COc1ccc(CN2CCCC(O)C2)cc1CN. The largest absolute Gasteiger partial charge is 0.496 e. The first kappa shape index (κ1) is 13.3. The Labute approximate surface area is 108 Å². The zero-order chi connectivity index (χ0) is 13.0. The van der Waals surface area contributed by atoms with Crippen LogP contribution >= 0.6 is 0 Å². The molecular weight excluding hydrogens is 228 g/mol. The maximum atomic E-state index is 9.66. The summed E-state index contributed by atoms with van der Waals surface area (Å²) in [5.41, 5.74) is 7.98. The summed E-state index contributed by atoms with van der Waals surface area (Å²) in [6.45, 7) is 3.18. The molecule has 2 rings (SSSR count). The number of nitrogens with zero attached hydrogens (tertiary/aromatic N) is 1. The minimum Gasteiger partial charge on any atom is -0.496 e. The Morgan fingerprint density at radius 3 is 3.00 bits per heavy atom. The highest BCUT2D eigenvalue weighted by atomic mass is 16.5. The number of benzene rings is 1. The summed E-state index contributed by atoms with van der Waals surface area (Å²) in [6, 6.07) is 6.14. The average molecular weight is 250 g/mol. The van der Waals surface area contributed by atoms with Gasteiger partial charge in [-0.2, -0.15) is 0 Å². The molecule has 3 N–H and O–H groups in total. The number of ether oxygens (including phenoxy) is 1. The molecule has 100 valence electrons. The molecule has 1 unspecified atom stereocenters. The van der Waals surface area contributed by atoms with E-state index in [1.807, 2.05) is 6.07 Å². The summed E-state index contributed by atoms with van der Waals surface area (Å²) in [5.74, 6) is 0.847. The molecule has 0 aliphatic carbocycles. The first-order chi connectivity index (χ1) is 8.72. The van der Waals surface area contributed by atoms with Gasteiger partial charge in [0.05, 0.1) is 13.2 Å². The van der Waals surface area contributed by atoms with Gasteiger partial charge in [-0.3, -0.25) is 4.90 Å². The van der Waals surface area contributed by atoms with Gasteiger partial charge in [0.15, 0.2) is 0 Å². The number of aliphatic hydroxyl groups excluding tert-OH is 1. The van der Waals surface area contributed by atoms with Crippen molar-refractivity contribution in [2.24, 2.45) is 5.73 Å². The fourth-order valence-electron chi connectivity index (χ4n) is 2.52. The van der Waals surface area contributed by atoms with Crippen molar-refractivity contribution in [3.63, 3.8) is 0 Å². The number of piperidine rings is 1. The fraction of sp³-hybridized carbons (Fsp3) is 0.571. The van der Waals surface area contributed by atoms with Gasteiger partial charge in [0.1, 0.15) is 5.75 Å². The number of likely N-dealkylation sites (tertiary alicyclic amines) is 1. The third-order valence-corrected chi connectivity index (χ3v) is 3.45. The fourth-order valence-corrected chi connectivity index (χ4v) is 2.52. The second-order valence-corrected chi connectivity index (χ2v) is 4.88. The van der Waals surface area contributed by atoms with E-state index in [1.54, 1.807) is 7.11 Å². The Morgan fingerprint density at radius 2 is 2.33 bits per heavy atom. The van der Waals surface area contributed by atoms with Crippen LogP contribution in [0, 0.1) is 0 Å². The Balaban J connectivity index is 2.04. The second-order valence-electron chi connectivity index (χ2n) is 4.88. The lowest BCUT2D eigenvalue weighted by Crippen LogP contribution is -2.37. The van der Waals surface area contributed by atoms with Crippen molar-refractivity contribution in [1.82, 2.24) is 4.90 Å². The molecule has 1 aromatic rings. The van der Waals surface area contributed by atoms with Crippen LogP contribution in [-0.2, 0) is 13.1 Å². The molecule has 1 fully saturated rings. The van der Waals surface area contributed by atoms with Gasteiger partial charge in [-0.1, -0.05) is 6.07 Å². The van der Waals surface area contributed by atoms with Gasteiger partial charge in [0, 0.05) is 25.2 Å². The highest BCUT2D eigenvalue weighted by molar-refractivity contribution is 5.37. The van der Waals surface area contributed by atoms with Crippen molar-refractivity contribution >= 4 is 0 Å². The topological polar surface area (TPSA) is 58.7 Å². The maximum absolute atomic E-state index is 9.66. The van der Waals surface area contributed by atoms with E-state index < -0.39 is 0 Å². The molecule has 18 heavy (non-hydrogen) atoms. The summed E-state index contributed by atoms with van der Waals surface area (Å²) >= 11 is 0. The molecule has 1 heterocycles. The number of hydrogen-bond acceptors (Lipinski definition) is 4. The highest BCUT2D eigenvalue weighted by Gasteiger charge is 2.17. The lowest BCUT2D eigenvalue weighted by Gasteiger charge is -2.30. The zero-order valence-corrected chi connectivity index (χ0v) is 10.9. The third-order valence-electron chi connectivity index (χ3n) is 3.45. The molecule has 1 saturated heterocycles. The molecule has 4 heteroatoms. The van der Waals surface area contributed by atoms with Gasteiger partial charge in [0.25, 0.3) is 0 Å². The molecule has 0 radical (unpaired) electrons. The van der Waals surface area contributed by atoms with Crippen LogP contribution in [-0.4, -0.2) is 36.3 Å². The lowest BCUT2D eigenvalue weighted by atomic mass is 10.1. The molecule has 1 aliphatic heterocycles. The maximum Gasteiger partial charge on any atom is 0.123 e. The molecule has 0 amide bonds. The van der Waals surface area contributed by atoms with Crippen LogP contribution in [0.2, 0.25) is 0 Å². The summed E-state index contributed by atoms with van der Waals surface area (Å²) in [7, 11) is 1.66. The summed E-state index contributed by atoms with van der Waals surface area (Å²) in [6.07, 6.45) is 1.82. The van der Waals surface area contributed by atoms with E-state index in [4.69, 9.17) is 10.5 Å². The molecule has 1 aliphatic rings. The molecule has 0 saturated carbocycles. The number of rotatable bonds is 4. The lowest BCUT2D eigenvalue weighted by molar-refractivity contribution is 0.0668. The van der Waals surface area contributed by atoms with Crippen molar-refractivity contribution < 1.29 is 9.84 Å². The zero-order valence-electron chi connectivity index (χ0n) is 10.9. The Hall–Kier alpha value is -1.10. The molecule has 4 nitrogen and oxygen atoms in total. The smallest absolute Gasteiger partial charge is 0.123 e. The summed E-state index contributed by atoms with van der Waals surface area (Å²) in [5, 5.41) is 9.66. The third kappa shape index (κ3) is 3.22. The van der Waals surface area contributed by atoms with Crippen LogP contribution in [0.1, 0.15) is 24.0 Å². The van der Waals surface area contributed by atoms with E-state index >= 15 is 0 Å². The first-order valence-corrected chi connectivity index (χ1v) is 6.49. The minimum atomic E-state index is -0.175. The predicted molar refractivity (Wildman–Crippen MR) is 71.4 cm³/mol. The summed E-state index contributed by atoms with van der Waals surface area (Å²) in [4.78, 5) is 2.29. The minimum absolute atomic E-state index is 0.175. The van der Waals surface area contributed by atoms with Crippen molar-refractivity contribution in [2.75, 3.05) is 20.2 Å². The molecule has 1 aromatic carbocycles. The number of methoxy groups -OCH3 is 1. The number of aliphatic hydroxyl groups is 1. The Morgan fingerprint density at radius 1 is 1.50 bits per heavy atom. The molecular formula is C14H22N2O2. The van der Waals surface area contributed by atoms with Crippen molar-refractivity contribution in [1.29, 1.82) is 0 Å². The van der Waals surface area contributed by atoms with Gasteiger partial charge in [-0.05, 0) is 37.1 Å². The van der Waals surface area contributed by atoms with Gasteiger partial charge in [-0.25, -0.2) is 0 Å². The van der Waals surface area contributed by atoms with Crippen molar-refractivity contribution in [3.8, 4) is 5.75 Å². The number of hydrogen-bond donors (Lipinski definition) is 2. The van der Waals surface area contributed by atoms with Crippen LogP contribution in [0.15, 0.2) is 18.2 Å². The summed E-state index contributed by atoms with van der Waals surface area (Å²) < 4.78 is 5.26. The van der Waals surface area contributed by atoms with Crippen LogP contribution in [0.4, 0.5) is 0 Å². The van der Waals surface area contributed by atoms with E-state index in [0.717, 1.165) is 43.8 Å². The van der Waals surface area contributed by atoms with Crippen molar-refractivity contribution in [3.05, 3.63) is 29.3 Å². The monoisotopic (exact) mass is 250 g/mol. The quantitative estimate of drug-likeness (QED) is 0.840. The van der Waals surface area contributed by atoms with E-state index in [0.29, 0.717) is 6.54 Å². The Bertz CT molecular complexity index is 395. The predicted octanol–water partition coefficient (Wildman–Crippen LogP) is 1.11. The number of β-amino-alcohol motifs (C(OH)–C–C–N with tert-alkyl or cyclic N) is 1. The van der Waals surface area contributed by atoms with Crippen LogP contribution < -0.4 is 10.5 Å². The van der Waals surface area contributed by atoms with E-state index in [2.05, 4.69) is 17.0 Å². The van der Waals surface area contributed by atoms with E-state index in [-0.39, 0.29) is 6.10 Å². The molecule has 0 spiro atoms. The van der Waals surface area contributed by atoms with E-state index in [1.165, 1.54) is 5.56 Å². The van der Waals surface area contributed by atoms with Crippen LogP contribution in [0.25, 0.3) is 0 Å². The normalized spacial score (nSPS) is 20.9. The van der Waals surface area contributed by atoms with Gasteiger partial charge in [-0.15, -0.1) is 0 Å². The van der Waals surface area contributed by atoms with E-state index in [9.17, 15) is 5.11 Å². The standard InChI is InChI=1S/C14H22N2O2/c1-18-14-5-4-11(7-12(14)8-15)9-16-6-2-3-13(17)10-16/h4-5,7,13,17H,2-3,6,8-10,15H2,1H3. The van der Waals surface area contributed by atoms with Gasteiger partial charge < -0.3 is 15.6 Å². The molecule has 1 atom stereocenters. The second kappa shape index (κ2) is 6.18. The van der Waals surface area contributed by atoms with Crippen LogP contribution in [0.3, 0.4) is 0 Å². The number of nitrogens with two attached hydrogens (primary N) is 1. The first-order valence-electron chi connectivity index (χ1n) is 6.49. The Kier molecular flexibility index (Phi) is 4.58. The molecule has 0 aromatic heterocycles.